The number of rotatable bonds is 4. The molecule has 4 aromatic rings. The summed E-state index contributed by atoms with van der Waals surface area (Å²) in [6, 6.07) is 23.6. The first kappa shape index (κ1) is 18.9. The van der Waals surface area contributed by atoms with Crippen molar-refractivity contribution in [3.63, 3.8) is 0 Å². The number of nitrogens with one attached hydrogen (secondary N) is 1. The van der Waals surface area contributed by atoms with Crippen molar-refractivity contribution in [2.24, 2.45) is 0 Å². The first-order valence-electron chi connectivity index (χ1n) is 10.7. The Morgan fingerprint density at radius 3 is 1.84 bits per heavy atom. The maximum Gasteiger partial charge on any atom is 0.402 e. The molecular formula is C26H23N2O4+. The summed E-state index contributed by atoms with van der Waals surface area (Å²) in [5.41, 5.74) is 0.684. The summed E-state index contributed by atoms with van der Waals surface area (Å²) < 4.78 is 19.7. The summed E-state index contributed by atoms with van der Waals surface area (Å²) in [5.74, 6) is 2.25. The van der Waals surface area contributed by atoms with E-state index >= 15 is 0 Å². The third-order valence-corrected chi connectivity index (χ3v) is 6.87. The SMILES string of the molecule is COc1ccc(C2(c3ccc(OC)cc3)Oc3c4ccccc4c(=O)[nH][n+]3C23CC3)cc1. The normalized spacial score (nSPS) is 17.1. The molecule has 0 saturated heterocycles. The van der Waals surface area contributed by atoms with Gasteiger partial charge in [-0.1, -0.05) is 41.1 Å². The van der Waals surface area contributed by atoms with Gasteiger partial charge < -0.3 is 14.2 Å². The van der Waals surface area contributed by atoms with Gasteiger partial charge in [-0.3, -0.25) is 4.79 Å². The number of fused-ring (bicyclic) bond motifs is 4. The molecule has 6 rings (SSSR count). The van der Waals surface area contributed by atoms with Gasteiger partial charge in [0.1, 0.15) is 16.9 Å². The van der Waals surface area contributed by atoms with E-state index in [4.69, 9.17) is 14.2 Å². The summed E-state index contributed by atoms with van der Waals surface area (Å²) in [4.78, 5) is 12.9. The predicted molar refractivity (Wildman–Crippen MR) is 119 cm³/mol. The van der Waals surface area contributed by atoms with Gasteiger partial charge in [0.2, 0.25) is 11.1 Å². The van der Waals surface area contributed by atoms with Gasteiger partial charge in [-0.05, 0) is 36.4 Å². The number of hydrogen-bond acceptors (Lipinski definition) is 4. The number of ether oxygens (including phenoxy) is 3. The first-order valence-corrected chi connectivity index (χ1v) is 10.7. The highest BCUT2D eigenvalue weighted by atomic mass is 16.5. The second-order valence-electron chi connectivity index (χ2n) is 8.40. The third kappa shape index (κ3) is 2.35. The molecule has 160 valence electrons. The average molecular weight is 427 g/mol. The summed E-state index contributed by atoms with van der Waals surface area (Å²) >= 11 is 0. The summed E-state index contributed by atoms with van der Waals surface area (Å²) in [6.07, 6.45) is 1.77. The fraction of sp³-hybridized carbons (Fsp3) is 0.231. The lowest BCUT2D eigenvalue weighted by molar-refractivity contribution is -0.781. The van der Waals surface area contributed by atoms with Gasteiger partial charge in [0.05, 0.1) is 19.6 Å². The van der Waals surface area contributed by atoms with E-state index in [9.17, 15) is 4.79 Å². The highest BCUT2D eigenvalue weighted by molar-refractivity contribution is 5.85. The molecular weight excluding hydrogens is 404 g/mol. The molecule has 3 aromatic carbocycles. The molecule has 2 aliphatic rings. The number of aromatic nitrogens is 2. The van der Waals surface area contributed by atoms with E-state index in [-0.39, 0.29) is 5.56 Å². The van der Waals surface area contributed by atoms with Crippen molar-refractivity contribution in [2.75, 3.05) is 14.2 Å². The van der Waals surface area contributed by atoms with E-state index in [0.29, 0.717) is 11.3 Å². The van der Waals surface area contributed by atoms with Crippen LogP contribution < -0.4 is 24.5 Å². The Morgan fingerprint density at radius 1 is 0.812 bits per heavy atom. The number of hydrogen-bond donors (Lipinski definition) is 1. The molecule has 0 bridgehead atoms. The fourth-order valence-electron chi connectivity index (χ4n) is 5.17. The number of H-pyrrole nitrogens is 1. The van der Waals surface area contributed by atoms with Crippen LogP contribution in [0.1, 0.15) is 24.0 Å². The van der Waals surface area contributed by atoms with Gasteiger partial charge in [-0.15, -0.1) is 5.10 Å². The Bertz CT molecular complexity index is 1340. The second-order valence-corrected chi connectivity index (χ2v) is 8.40. The van der Waals surface area contributed by atoms with Crippen LogP contribution in [0.15, 0.2) is 77.6 Å². The molecule has 0 atom stereocenters. The molecule has 0 radical (unpaired) electrons. The second kappa shape index (κ2) is 6.60. The number of benzene rings is 3. The highest BCUT2D eigenvalue weighted by Gasteiger charge is 2.77. The molecule has 1 fully saturated rings. The molecule has 6 heteroatoms. The van der Waals surface area contributed by atoms with Gasteiger partial charge in [-0.25, -0.2) is 0 Å². The molecule has 32 heavy (non-hydrogen) atoms. The third-order valence-electron chi connectivity index (χ3n) is 6.87. The molecule has 2 heterocycles. The smallest absolute Gasteiger partial charge is 0.402 e. The zero-order valence-electron chi connectivity index (χ0n) is 17.9. The van der Waals surface area contributed by atoms with Crippen LogP contribution in [0.2, 0.25) is 0 Å². The Morgan fingerprint density at radius 2 is 1.34 bits per heavy atom. The Balaban J connectivity index is 1.65. The van der Waals surface area contributed by atoms with Crippen molar-refractivity contribution < 1.29 is 18.9 Å². The van der Waals surface area contributed by atoms with Crippen LogP contribution in [-0.4, -0.2) is 19.3 Å². The van der Waals surface area contributed by atoms with Gasteiger partial charge in [-0.2, -0.15) is 0 Å². The zero-order valence-corrected chi connectivity index (χ0v) is 17.9. The van der Waals surface area contributed by atoms with E-state index in [1.54, 1.807) is 14.2 Å². The van der Waals surface area contributed by atoms with Crippen molar-refractivity contribution in [2.45, 2.75) is 24.0 Å². The standard InChI is InChI=1S/C26H22N2O4/c1-30-19-11-7-17(8-12-19)26(18-9-13-20(31-2)14-10-18)25(15-16-25)28-24(32-26)22-6-4-3-5-21(22)23(29)27-28/h3-14H,15-16H2,1-2H3/p+1. The van der Waals surface area contributed by atoms with Crippen LogP contribution in [0.3, 0.4) is 0 Å². The van der Waals surface area contributed by atoms with Crippen molar-refractivity contribution >= 4 is 10.8 Å². The van der Waals surface area contributed by atoms with Crippen LogP contribution >= 0.6 is 0 Å². The van der Waals surface area contributed by atoms with Crippen molar-refractivity contribution in [3.8, 4) is 17.4 Å². The summed E-state index contributed by atoms with van der Waals surface area (Å²) in [5, 5.41) is 4.54. The summed E-state index contributed by atoms with van der Waals surface area (Å²) in [7, 11) is 3.32. The maximum atomic E-state index is 12.9. The van der Waals surface area contributed by atoms with Crippen LogP contribution in [0.25, 0.3) is 10.8 Å². The quantitative estimate of drug-likeness (QED) is 0.505. The number of methoxy groups -OCH3 is 2. The zero-order chi connectivity index (χ0) is 21.9. The van der Waals surface area contributed by atoms with Crippen LogP contribution in [0.4, 0.5) is 0 Å². The van der Waals surface area contributed by atoms with Crippen molar-refractivity contribution in [3.05, 3.63) is 94.3 Å². The van der Waals surface area contributed by atoms with Gasteiger partial charge in [0.25, 0.3) is 0 Å². The van der Waals surface area contributed by atoms with Gasteiger partial charge in [0.15, 0.2) is 0 Å². The molecule has 1 aromatic heterocycles. The van der Waals surface area contributed by atoms with E-state index < -0.39 is 11.1 Å². The topological polar surface area (TPSA) is 64.4 Å². The summed E-state index contributed by atoms with van der Waals surface area (Å²) in [6.45, 7) is 0. The highest BCUT2D eigenvalue weighted by Crippen LogP contribution is 2.61. The molecule has 1 aliphatic carbocycles. The Labute approximate surface area is 185 Å². The van der Waals surface area contributed by atoms with E-state index in [1.165, 1.54) is 0 Å². The minimum Gasteiger partial charge on any atom is -0.497 e. The maximum absolute atomic E-state index is 12.9. The molecule has 1 spiro atoms. The predicted octanol–water partition coefficient (Wildman–Crippen LogP) is 3.66. The van der Waals surface area contributed by atoms with Gasteiger partial charge in [0, 0.05) is 24.0 Å². The Kier molecular flexibility index (Phi) is 3.90. The molecule has 1 saturated carbocycles. The van der Waals surface area contributed by atoms with Crippen molar-refractivity contribution in [1.29, 1.82) is 0 Å². The lowest BCUT2D eigenvalue weighted by Crippen LogP contribution is -2.57. The minimum absolute atomic E-state index is 0.112. The fourth-order valence-corrected chi connectivity index (χ4v) is 5.17. The van der Waals surface area contributed by atoms with Crippen LogP contribution in [0.5, 0.6) is 17.4 Å². The average Bonchev–Trinajstić information content (AvgIpc) is 3.60. The van der Waals surface area contributed by atoms with Crippen LogP contribution in [0, 0.1) is 0 Å². The molecule has 0 unspecified atom stereocenters. The van der Waals surface area contributed by atoms with E-state index in [2.05, 4.69) is 29.4 Å². The number of aromatic amines is 1. The number of nitrogens with zero attached hydrogens (tertiary/aromatic N) is 1. The molecule has 0 amide bonds. The van der Waals surface area contributed by atoms with Gasteiger partial charge >= 0.3 is 11.4 Å². The van der Waals surface area contributed by atoms with Crippen molar-refractivity contribution in [1.82, 2.24) is 5.10 Å². The minimum atomic E-state index is -0.800. The first-order chi connectivity index (χ1) is 15.6. The van der Waals surface area contributed by atoms with E-state index in [1.807, 2.05) is 53.2 Å². The lowest BCUT2D eigenvalue weighted by Gasteiger charge is -2.30. The van der Waals surface area contributed by atoms with Crippen LogP contribution in [-0.2, 0) is 11.1 Å². The van der Waals surface area contributed by atoms with E-state index in [0.717, 1.165) is 40.9 Å². The molecule has 6 nitrogen and oxygen atoms in total. The Hall–Kier alpha value is -3.80. The lowest BCUT2D eigenvalue weighted by atomic mass is 9.78. The monoisotopic (exact) mass is 427 g/mol. The molecule has 1 N–H and O–H groups in total. The largest absolute Gasteiger partial charge is 0.497 e. The molecule has 1 aliphatic heterocycles.